The van der Waals surface area contributed by atoms with Gasteiger partial charge in [0.15, 0.2) is 5.76 Å². The zero-order chi connectivity index (χ0) is 10.2. The van der Waals surface area contributed by atoms with Crippen molar-refractivity contribution in [2.45, 2.75) is 19.6 Å². The minimum Gasteiger partial charge on any atom is -0.506 e. The van der Waals surface area contributed by atoms with Crippen molar-refractivity contribution >= 4 is 11.7 Å². The van der Waals surface area contributed by atoms with Crippen molar-refractivity contribution in [2.75, 3.05) is 7.11 Å². The number of methoxy groups -OCH3 is 1. The largest absolute Gasteiger partial charge is 0.506 e. The lowest BCUT2D eigenvalue weighted by molar-refractivity contribution is -0.135. The normalized spacial score (nSPS) is 27.5. The van der Waals surface area contributed by atoms with Crippen molar-refractivity contribution < 1.29 is 19.7 Å². The van der Waals surface area contributed by atoms with Gasteiger partial charge in [-0.3, -0.25) is 0 Å². The van der Waals surface area contributed by atoms with Gasteiger partial charge in [0, 0.05) is 0 Å². The summed E-state index contributed by atoms with van der Waals surface area (Å²) in [5, 5.41) is 18.8. The van der Waals surface area contributed by atoms with Gasteiger partial charge in [-0.15, -0.1) is 0 Å². The van der Waals surface area contributed by atoms with Crippen molar-refractivity contribution in [1.29, 1.82) is 0 Å². The maximum Gasteiger partial charge on any atom is 0.343 e. The molecule has 0 fully saturated rings. The van der Waals surface area contributed by atoms with E-state index in [0.717, 1.165) is 0 Å². The third-order valence-electron chi connectivity index (χ3n) is 1.82. The molecular formula is C8H11NO4. The summed E-state index contributed by atoms with van der Waals surface area (Å²) in [6.45, 7) is 2.81. The van der Waals surface area contributed by atoms with Crippen LogP contribution in [0.2, 0.25) is 0 Å². The molecule has 0 aromatic carbocycles. The molecule has 0 aliphatic carbocycles. The molecule has 5 nitrogen and oxygen atoms in total. The van der Waals surface area contributed by atoms with E-state index in [4.69, 9.17) is 0 Å². The zero-order valence-electron chi connectivity index (χ0n) is 7.66. The highest BCUT2D eigenvalue weighted by atomic mass is 16.5. The summed E-state index contributed by atoms with van der Waals surface area (Å²) in [6.07, 6.45) is 0. The standard InChI is InChI=1S/C8H11NO4/c1-4-5(7(11)13-3)6(10)8(2,12)9-4/h10,12H,1-3H3. The van der Waals surface area contributed by atoms with Crippen molar-refractivity contribution in [2.24, 2.45) is 4.99 Å². The second kappa shape index (κ2) is 2.85. The van der Waals surface area contributed by atoms with Gasteiger partial charge in [-0.25, -0.2) is 9.79 Å². The van der Waals surface area contributed by atoms with E-state index in [9.17, 15) is 15.0 Å². The Balaban J connectivity index is 3.17. The molecule has 1 rings (SSSR count). The molecule has 0 radical (unpaired) electrons. The molecule has 1 atom stereocenters. The van der Waals surface area contributed by atoms with Gasteiger partial charge in [-0.2, -0.15) is 0 Å². The van der Waals surface area contributed by atoms with E-state index in [1.54, 1.807) is 0 Å². The van der Waals surface area contributed by atoms with Crippen LogP contribution in [-0.2, 0) is 9.53 Å². The molecule has 13 heavy (non-hydrogen) atoms. The van der Waals surface area contributed by atoms with Crippen molar-refractivity contribution in [1.82, 2.24) is 0 Å². The van der Waals surface area contributed by atoms with E-state index < -0.39 is 17.5 Å². The molecule has 5 heteroatoms. The van der Waals surface area contributed by atoms with E-state index in [0.29, 0.717) is 0 Å². The molecule has 0 bridgehead atoms. The molecule has 0 spiro atoms. The average molecular weight is 185 g/mol. The van der Waals surface area contributed by atoms with Crippen LogP contribution in [0.3, 0.4) is 0 Å². The van der Waals surface area contributed by atoms with Crippen LogP contribution in [0.4, 0.5) is 0 Å². The summed E-state index contributed by atoms with van der Waals surface area (Å²) in [5.41, 5.74) is -1.49. The monoisotopic (exact) mass is 185 g/mol. The second-order valence-electron chi connectivity index (χ2n) is 2.93. The number of aliphatic imine (C=N–C) groups is 1. The Bertz CT molecular complexity index is 314. The Kier molecular flexibility index (Phi) is 2.13. The average Bonchev–Trinajstić information content (AvgIpc) is 2.21. The first kappa shape index (κ1) is 9.73. The minimum atomic E-state index is -1.70. The first-order chi connectivity index (χ1) is 5.90. The summed E-state index contributed by atoms with van der Waals surface area (Å²) >= 11 is 0. The van der Waals surface area contributed by atoms with Crippen molar-refractivity contribution in [3.8, 4) is 0 Å². The number of carbonyl (C=O) groups excluding carboxylic acids is 1. The van der Waals surface area contributed by atoms with Gasteiger partial charge in [0.25, 0.3) is 0 Å². The first-order valence-corrected chi connectivity index (χ1v) is 3.71. The number of esters is 1. The summed E-state index contributed by atoms with van der Waals surface area (Å²) in [5.74, 6) is -1.16. The molecule has 0 saturated heterocycles. The zero-order valence-corrected chi connectivity index (χ0v) is 7.66. The predicted octanol–water partition coefficient (Wildman–Crippen LogP) is 0.154. The van der Waals surface area contributed by atoms with E-state index in [-0.39, 0.29) is 11.3 Å². The minimum absolute atomic E-state index is 0.0625. The van der Waals surface area contributed by atoms with Crippen molar-refractivity contribution in [3.05, 3.63) is 11.3 Å². The predicted molar refractivity (Wildman–Crippen MR) is 45.4 cm³/mol. The van der Waals surface area contributed by atoms with Crippen molar-refractivity contribution in [3.63, 3.8) is 0 Å². The molecule has 1 aliphatic heterocycles. The smallest absolute Gasteiger partial charge is 0.343 e. The van der Waals surface area contributed by atoms with Crippen LogP contribution in [-0.4, -0.2) is 34.7 Å². The lowest BCUT2D eigenvalue weighted by atomic mass is 10.1. The fraction of sp³-hybridized carbons (Fsp3) is 0.500. The van der Waals surface area contributed by atoms with Gasteiger partial charge in [0.05, 0.1) is 12.8 Å². The number of hydrogen-bond donors (Lipinski definition) is 2. The highest BCUT2D eigenvalue weighted by Gasteiger charge is 2.38. The Labute approximate surface area is 75.4 Å². The first-order valence-electron chi connectivity index (χ1n) is 3.71. The number of rotatable bonds is 1. The van der Waals surface area contributed by atoms with Crippen LogP contribution in [0, 0.1) is 0 Å². The van der Waals surface area contributed by atoms with Crippen LogP contribution in [0.5, 0.6) is 0 Å². The van der Waals surface area contributed by atoms with Crippen LogP contribution < -0.4 is 0 Å². The summed E-state index contributed by atoms with van der Waals surface area (Å²) in [6, 6.07) is 0. The quantitative estimate of drug-likeness (QED) is 0.570. The number of ether oxygens (including phenoxy) is 1. The molecule has 1 unspecified atom stereocenters. The molecular weight excluding hydrogens is 174 g/mol. The third-order valence-corrected chi connectivity index (χ3v) is 1.82. The van der Waals surface area contributed by atoms with Gasteiger partial charge in [-0.05, 0) is 13.8 Å². The fourth-order valence-electron chi connectivity index (χ4n) is 1.19. The van der Waals surface area contributed by atoms with Crippen LogP contribution in [0.15, 0.2) is 16.3 Å². The topological polar surface area (TPSA) is 79.1 Å². The Hall–Kier alpha value is -1.36. The molecule has 0 saturated carbocycles. The molecule has 1 aliphatic rings. The lowest BCUT2D eigenvalue weighted by Gasteiger charge is -2.12. The Morgan fingerprint density at radius 3 is 2.46 bits per heavy atom. The van der Waals surface area contributed by atoms with E-state index in [2.05, 4.69) is 9.73 Å². The van der Waals surface area contributed by atoms with Gasteiger partial charge < -0.3 is 14.9 Å². The molecule has 1 heterocycles. The lowest BCUT2D eigenvalue weighted by Crippen LogP contribution is -2.22. The summed E-state index contributed by atoms with van der Waals surface area (Å²) < 4.78 is 4.42. The molecule has 0 amide bonds. The molecule has 0 aromatic rings. The molecule has 72 valence electrons. The van der Waals surface area contributed by atoms with Crippen LogP contribution in [0.1, 0.15) is 13.8 Å². The second-order valence-corrected chi connectivity index (χ2v) is 2.93. The van der Waals surface area contributed by atoms with Gasteiger partial charge in [0.1, 0.15) is 5.57 Å². The Morgan fingerprint density at radius 1 is 1.62 bits per heavy atom. The fourth-order valence-corrected chi connectivity index (χ4v) is 1.19. The molecule has 2 N–H and O–H groups in total. The van der Waals surface area contributed by atoms with Crippen LogP contribution >= 0.6 is 0 Å². The van der Waals surface area contributed by atoms with Gasteiger partial charge in [-0.1, -0.05) is 0 Å². The number of carbonyl (C=O) groups is 1. The summed E-state index contributed by atoms with van der Waals surface area (Å²) in [4.78, 5) is 14.8. The summed E-state index contributed by atoms with van der Waals surface area (Å²) in [7, 11) is 1.20. The Morgan fingerprint density at radius 2 is 2.15 bits per heavy atom. The van der Waals surface area contributed by atoms with E-state index in [1.165, 1.54) is 21.0 Å². The SMILES string of the molecule is COC(=O)C1=C(O)C(C)(O)N=C1C. The number of hydrogen-bond acceptors (Lipinski definition) is 5. The highest BCUT2D eigenvalue weighted by molar-refractivity contribution is 6.20. The third kappa shape index (κ3) is 1.42. The maximum absolute atomic E-state index is 11.1. The molecule has 0 aromatic heterocycles. The van der Waals surface area contributed by atoms with Gasteiger partial charge in [0.2, 0.25) is 5.72 Å². The van der Waals surface area contributed by atoms with E-state index in [1.807, 2.05) is 0 Å². The van der Waals surface area contributed by atoms with Crippen LogP contribution in [0.25, 0.3) is 0 Å². The maximum atomic E-state index is 11.1. The number of aliphatic hydroxyl groups excluding tert-OH is 1. The number of nitrogens with zero attached hydrogens (tertiary/aromatic N) is 1. The highest BCUT2D eigenvalue weighted by Crippen LogP contribution is 2.27. The number of aliphatic hydroxyl groups is 2. The van der Waals surface area contributed by atoms with E-state index >= 15 is 0 Å². The van der Waals surface area contributed by atoms with Gasteiger partial charge >= 0.3 is 5.97 Å².